The van der Waals surface area contributed by atoms with Gasteiger partial charge in [-0.1, -0.05) is 0 Å². The molecule has 0 aliphatic heterocycles. The molecule has 0 amide bonds. The molecule has 0 saturated carbocycles. The molecule has 6 nitrogen and oxygen atoms in total. The molecule has 80 valence electrons. The van der Waals surface area contributed by atoms with Crippen LogP contribution in [0.25, 0.3) is 0 Å². The molecule has 1 aliphatic carbocycles. The summed E-state index contributed by atoms with van der Waals surface area (Å²) in [6, 6.07) is 0. The van der Waals surface area contributed by atoms with E-state index >= 15 is 0 Å². The Morgan fingerprint density at radius 2 is 2.14 bits per heavy atom. The molecular weight excluding hydrogens is 212 g/mol. The summed E-state index contributed by atoms with van der Waals surface area (Å²) < 4.78 is 34.8. The lowest BCUT2D eigenvalue weighted by molar-refractivity contribution is -0.145. The fourth-order valence-electron chi connectivity index (χ4n) is 1.05. The highest BCUT2D eigenvalue weighted by molar-refractivity contribution is 7.89. The maximum Gasteiger partial charge on any atom is 0.294 e. The molecule has 0 fully saturated rings. The summed E-state index contributed by atoms with van der Waals surface area (Å²) in [7, 11) is -3.34. The van der Waals surface area contributed by atoms with Crippen LogP contribution in [-0.4, -0.2) is 36.1 Å². The average Bonchev–Trinajstić information content (AvgIpc) is 2.08. The van der Waals surface area contributed by atoms with Gasteiger partial charge in [-0.3, -0.25) is 4.55 Å². The van der Waals surface area contributed by atoms with Gasteiger partial charge in [0.05, 0.1) is 0 Å². The molecule has 0 bridgehead atoms. The van der Waals surface area contributed by atoms with Crippen molar-refractivity contribution in [3.63, 3.8) is 0 Å². The topological polar surface area (TPSA) is 104 Å². The van der Waals surface area contributed by atoms with Crippen LogP contribution in [0, 0.1) is 0 Å². The van der Waals surface area contributed by atoms with E-state index < -0.39 is 33.0 Å². The number of hydrogen-bond donors (Lipinski definition) is 3. The molecule has 14 heavy (non-hydrogen) atoms. The number of aliphatic hydroxyl groups is 2. The Morgan fingerprint density at radius 3 is 2.57 bits per heavy atom. The van der Waals surface area contributed by atoms with Gasteiger partial charge in [-0.25, -0.2) is 0 Å². The zero-order chi connectivity index (χ0) is 11.0. The number of hydrogen-bond acceptors (Lipinski definition) is 5. The third kappa shape index (κ3) is 2.13. The second-order valence-corrected chi connectivity index (χ2v) is 4.29. The predicted octanol–water partition coefficient (Wildman–Crippen LogP) is -0.0613. The van der Waals surface area contributed by atoms with Crippen molar-refractivity contribution >= 4 is 10.1 Å². The summed E-state index contributed by atoms with van der Waals surface area (Å²) >= 11 is 0. The monoisotopic (exact) mass is 222 g/mol. The molecule has 0 heterocycles. The van der Waals surface area contributed by atoms with Crippen molar-refractivity contribution < 1.29 is 27.9 Å². The molecule has 0 spiro atoms. The summed E-state index contributed by atoms with van der Waals surface area (Å²) in [4.78, 5) is -0.663. The minimum atomic E-state index is -4.52. The zero-order valence-corrected chi connectivity index (χ0v) is 8.15. The highest BCUT2D eigenvalue weighted by atomic mass is 32.2. The number of allylic oxidation sites excluding steroid dienone is 1. The van der Waals surface area contributed by atoms with E-state index in [2.05, 4.69) is 4.74 Å². The summed E-state index contributed by atoms with van der Waals surface area (Å²) in [5.41, 5.74) is 0. The standard InChI is InChI=1S/C7H10O6S/c1-13-7(9)3-2-5(8)6(4-7)14(10,11)12/h2-3,8-9H,4H2,1H3,(H,10,11,12). The van der Waals surface area contributed by atoms with Crippen molar-refractivity contribution in [2.24, 2.45) is 0 Å². The third-order valence-corrected chi connectivity index (χ3v) is 2.84. The Hall–Kier alpha value is -0.890. The van der Waals surface area contributed by atoms with Crippen LogP contribution in [0.2, 0.25) is 0 Å². The first kappa shape index (κ1) is 11.2. The third-order valence-electron chi connectivity index (χ3n) is 1.87. The van der Waals surface area contributed by atoms with Gasteiger partial charge in [-0.2, -0.15) is 8.42 Å². The molecule has 1 rings (SSSR count). The van der Waals surface area contributed by atoms with E-state index in [0.717, 1.165) is 12.2 Å². The quantitative estimate of drug-likeness (QED) is 0.446. The minimum Gasteiger partial charge on any atom is -0.507 e. The van der Waals surface area contributed by atoms with Crippen LogP contribution in [0.5, 0.6) is 0 Å². The van der Waals surface area contributed by atoms with Gasteiger partial charge in [0.2, 0.25) is 0 Å². The second kappa shape index (κ2) is 3.35. The fourth-order valence-corrected chi connectivity index (χ4v) is 1.77. The number of rotatable bonds is 2. The average molecular weight is 222 g/mol. The Balaban J connectivity index is 3.14. The lowest BCUT2D eigenvalue weighted by atomic mass is 10.1. The highest BCUT2D eigenvalue weighted by Crippen LogP contribution is 2.29. The molecular formula is C7H10O6S. The molecule has 3 N–H and O–H groups in total. The van der Waals surface area contributed by atoms with Crippen LogP contribution in [0.4, 0.5) is 0 Å². The molecule has 7 heteroatoms. The lowest BCUT2D eigenvalue weighted by Gasteiger charge is -2.26. The first-order chi connectivity index (χ1) is 6.28. The fraction of sp³-hybridized carbons (Fsp3) is 0.429. The summed E-state index contributed by atoms with van der Waals surface area (Å²) in [6.45, 7) is 0. The van der Waals surface area contributed by atoms with Crippen molar-refractivity contribution in [3.8, 4) is 0 Å². The van der Waals surface area contributed by atoms with E-state index in [-0.39, 0.29) is 0 Å². The van der Waals surface area contributed by atoms with Crippen LogP contribution >= 0.6 is 0 Å². The Morgan fingerprint density at radius 1 is 1.57 bits per heavy atom. The van der Waals surface area contributed by atoms with Crippen molar-refractivity contribution in [2.45, 2.75) is 12.2 Å². The van der Waals surface area contributed by atoms with E-state index in [1.807, 2.05) is 0 Å². The Labute approximate surface area is 80.9 Å². The van der Waals surface area contributed by atoms with Crippen LogP contribution < -0.4 is 0 Å². The molecule has 0 aromatic heterocycles. The lowest BCUT2D eigenvalue weighted by Crippen LogP contribution is -2.32. The first-order valence-electron chi connectivity index (χ1n) is 3.65. The normalized spacial score (nSPS) is 28.2. The summed E-state index contributed by atoms with van der Waals surface area (Å²) in [5, 5.41) is 18.6. The molecule has 1 atom stereocenters. The molecule has 1 aliphatic rings. The molecule has 1 unspecified atom stereocenters. The van der Waals surface area contributed by atoms with E-state index in [4.69, 9.17) is 9.66 Å². The Bertz CT molecular complexity index is 392. The van der Waals surface area contributed by atoms with E-state index in [9.17, 15) is 13.5 Å². The van der Waals surface area contributed by atoms with Crippen molar-refractivity contribution in [2.75, 3.05) is 7.11 Å². The molecule has 0 aromatic rings. The summed E-state index contributed by atoms with van der Waals surface area (Å²) in [5.74, 6) is -2.41. The highest BCUT2D eigenvalue weighted by Gasteiger charge is 2.34. The first-order valence-corrected chi connectivity index (χ1v) is 5.09. The van der Waals surface area contributed by atoms with Crippen molar-refractivity contribution in [1.82, 2.24) is 0 Å². The van der Waals surface area contributed by atoms with Crippen molar-refractivity contribution in [1.29, 1.82) is 0 Å². The van der Waals surface area contributed by atoms with Crippen LogP contribution in [0.3, 0.4) is 0 Å². The van der Waals surface area contributed by atoms with Gasteiger partial charge in [0.15, 0.2) is 5.79 Å². The van der Waals surface area contributed by atoms with Crippen molar-refractivity contribution in [3.05, 3.63) is 22.8 Å². The van der Waals surface area contributed by atoms with Gasteiger partial charge in [0.25, 0.3) is 10.1 Å². The van der Waals surface area contributed by atoms with Crippen LogP contribution in [0.15, 0.2) is 22.8 Å². The van der Waals surface area contributed by atoms with Gasteiger partial charge in [-0.15, -0.1) is 0 Å². The minimum absolute atomic E-state index is 0.523. The van der Waals surface area contributed by atoms with Gasteiger partial charge in [-0.05, 0) is 12.2 Å². The summed E-state index contributed by atoms with van der Waals surface area (Å²) in [6.07, 6.45) is 1.53. The van der Waals surface area contributed by atoms with Gasteiger partial charge in [0, 0.05) is 13.5 Å². The number of aliphatic hydroxyl groups excluding tert-OH is 1. The maximum atomic E-state index is 10.7. The zero-order valence-electron chi connectivity index (χ0n) is 7.34. The maximum absolute atomic E-state index is 10.7. The number of ether oxygens (including phenoxy) is 1. The number of methoxy groups -OCH3 is 1. The van der Waals surface area contributed by atoms with Crippen LogP contribution in [-0.2, 0) is 14.9 Å². The van der Waals surface area contributed by atoms with E-state index in [1.165, 1.54) is 7.11 Å². The SMILES string of the molecule is COC1(O)C=CC(O)=C(S(=O)(=O)O)C1. The van der Waals surface area contributed by atoms with Crippen LogP contribution in [0.1, 0.15) is 6.42 Å². The molecule has 0 saturated heterocycles. The Kier molecular flexibility index (Phi) is 2.68. The predicted molar refractivity (Wildman–Crippen MR) is 46.9 cm³/mol. The van der Waals surface area contributed by atoms with Gasteiger partial charge >= 0.3 is 0 Å². The van der Waals surface area contributed by atoms with Gasteiger partial charge < -0.3 is 14.9 Å². The largest absolute Gasteiger partial charge is 0.507 e. The van der Waals surface area contributed by atoms with E-state index in [1.54, 1.807) is 0 Å². The van der Waals surface area contributed by atoms with E-state index in [0.29, 0.717) is 0 Å². The smallest absolute Gasteiger partial charge is 0.294 e. The molecule has 0 aromatic carbocycles. The second-order valence-electron chi connectivity index (χ2n) is 2.84. The molecule has 0 radical (unpaired) electrons. The van der Waals surface area contributed by atoms with Gasteiger partial charge in [0.1, 0.15) is 10.7 Å².